The number of ether oxygens (including phenoxy) is 2. The van der Waals surface area contributed by atoms with Gasteiger partial charge in [-0.15, -0.1) is 0 Å². The molecule has 0 radical (unpaired) electrons. The van der Waals surface area contributed by atoms with E-state index in [0.717, 1.165) is 13.0 Å². The van der Waals surface area contributed by atoms with Crippen LogP contribution in [0.1, 0.15) is 61.8 Å². The maximum Gasteiger partial charge on any atom is 0.407 e. The van der Waals surface area contributed by atoms with Gasteiger partial charge in [-0.2, -0.15) is 0 Å². The van der Waals surface area contributed by atoms with Gasteiger partial charge in [0.15, 0.2) is 0 Å². The number of amides is 1. The number of hydrogen-bond donors (Lipinski definition) is 1. The number of hydrogen-bond acceptors (Lipinski definition) is 3. The molecule has 1 saturated heterocycles. The van der Waals surface area contributed by atoms with Crippen LogP contribution < -0.4 is 5.32 Å². The van der Waals surface area contributed by atoms with E-state index in [2.05, 4.69) is 53.0 Å². The summed E-state index contributed by atoms with van der Waals surface area (Å²) in [4.78, 5) is 12.4. The van der Waals surface area contributed by atoms with Crippen molar-refractivity contribution in [2.45, 2.75) is 103 Å². The Morgan fingerprint density at radius 3 is 2.04 bits per heavy atom. The van der Waals surface area contributed by atoms with Crippen molar-refractivity contribution >= 4 is 14.2 Å². The van der Waals surface area contributed by atoms with Crippen LogP contribution in [-0.2, 0) is 9.47 Å². The highest BCUT2D eigenvalue weighted by Gasteiger charge is 2.53. The van der Waals surface area contributed by atoms with E-state index in [1.165, 1.54) is 0 Å². The summed E-state index contributed by atoms with van der Waals surface area (Å²) in [7, 11) is -1.69. The minimum atomic E-state index is -1.69. The van der Waals surface area contributed by atoms with Gasteiger partial charge in [-0.3, -0.25) is 0 Å². The minimum absolute atomic E-state index is 0.105. The van der Waals surface area contributed by atoms with Crippen molar-refractivity contribution in [1.29, 1.82) is 0 Å². The molecule has 1 unspecified atom stereocenters. The predicted octanol–water partition coefficient (Wildman–Crippen LogP) is 5.20. The van der Waals surface area contributed by atoms with Crippen molar-refractivity contribution in [2.75, 3.05) is 6.61 Å². The Morgan fingerprint density at radius 2 is 1.71 bits per heavy atom. The first-order valence-corrected chi connectivity index (χ1v) is 12.3. The first kappa shape index (κ1) is 21.5. The van der Waals surface area contributed by atoms with Gasteiger partial charge in [0.25, 0.3) is 0 Å². The molecule has 0 bridgehead atoms. The SMILES string of the molecule is CC(C)C[C@H](NC(=O)OC(C)(C)C)[C@H](C1CO1)[Si](C)(C)C(C)(C)C. The second-order valence-corrected chi connectivity index (χ2v) is 15.9. The van der Waals surface area contributed by atoms with Gasteiger partial charge < -0.3 is 14.8 Å². The molecule has 1 heterocycles. The molecule has 3 atom stereocenters. The number of epoxide rings is 1. The van der Waals surface area contributed by atoms with E-state index in [1.54, 1.807) is 0 Å². The average Bonchev–Trinajstić information content (AvgIpc) is 3.07. The van der Waals surface area contributed by atoms with E-state index < -0.39 is 13.7 Å². The van der Waals surface area contributed by atoms with Gasteiger partial charge >= 0.3 is 6.09 Å². The van der Waals surface area contributed by atoms with E-state index >= 15 is 0 Å². The van der Waals surface area contributed by atoms with Crippen LogP contribution >= 0.6 is 0 Å². The maximum atomic E-state index is 12.4. The molecular formula is C19H39NO3Si. The molecule has 1 rings (SSSR count). The van der Waals surface area contributed by atoms with Crippen LogP contribution in [0.3, 0.4) is 0 Å². The van der Waals surface area contributed by atoms with E-state index in [4.69, 9.17) is 9.47 Å². The summed E-state index contributed by atoms with van der Waals surface area (Å²) in [5.74, 6) is 0.510. The highest BCUT2D eigenvalue weighted by atomic mass is 28.3. The third-order valence-electron chi connectivity index (χ3n) is 5.39. The molecule has 0 saturated carbocycles. The van der Waals surface area contributed by atoms with Crippen LogP contribution in [0.5, 0.6) is 0 Å². The number of rotatable bonds is 6. The Hall–Kier alpha value is -0.553. The molecule has 1 N–H and O–H groups in total. The summed E-state index contributed by atoms with van der Waals surface area (Å²) < 4.78 is 11.3. The highest BCUT2D eigenvalue weighted by molar-refractivity contribution is 6.81. The number of alkyl carbamates (subject to hydrolysis) is 1. The van der Waals surface area contributed by atoms with Crippen molar-refractivity contribution in [3.05, 3.63) is 0 Å². The average molecular weight is 358 g/mol. The molecule has 1 aliphatic heterocycles. The summed E-state index contributed by atoms with van der Waals surface area (Å²) in [6, 6.07) is 0.105. The maximum absolute atomic E-state index is 12.4. The number of carbonyl (C=O) groups is 1. The van der Waals surface area contributed by atoms with E-state index in [-0.39, 0.29) is 23.3 Å². The molecule has 0 aromatic heterocycles. The molecule has 142 valence electrons. The molecule has 0 aliphatic carbocycles. The van der Waals surface area contributed by atoms with Crippen LogP contribution in [0.15, 0.2) is 0 Å². The molecule has 5 heteroatoms. The topological polar surface area (TPSA) is 50.9 Å². The standard InChI is InChI=1S/C19H39NO3Si/c1-13(2)11-14(20-17(21)23-18(3,4)5)16(15-12-22-15)24(9,10)19(6,7)8/h13-16H,11-12H2,1-10H3,(H,20,21)/t14-,15?,16+/m0/s1. The second kappa shape index (κ2) is 7.36. The second-order valence-electron chi connectivity index (χ2n) is 10.3. The Bertz CT molecular complexity index is 431. The third-order valence-corrected chi connectivity index (χ3v) is 11.7. The van der Waals surface area contributed by atoms with Crippen molar-refractivity contribution in [2.24, 2.45) is 5.92 Å². The van der Waals surface area contributed by atoms with Crippen molar-refractivity contribution < 1.29 is 14.3 Å². The molecule has 0 aromatic carbocycles. The summed E-state index contributed by atoms with van der Waals surface area (Å²) in [5, 5.41) is 3.44. The molecule has 1 fully saturated rings. The summed E-state index contributed by atoms with van der Waals surface area (Å²) in [6.45, 7) is 22.8. The van der Waals surface area contributed by atoms with Crippen LogP contribution in [0.4, 0.5) is 4.79 Å². The number of nitrogens with one attached hydrogen (secondary N) is 1. The van der Waals surface area contributed by atoms with Crippen LogP contribution in [0.25, 0.3) is 0 Å². The zero-order chi connectivity index (χ0) is 18.9. The normalized spacial score (nSPS) is 21.4. The molecule has 0 aromatic rings. The first-order chi connectivity index (χ1) is 10.6. The molecule has 24 heavy (non-hydrogen) atoms. The zero-order valence-corrected chi connectivity index (χ0v) is 18.4. The van der Waals surface area contributed by atoms with Crippen LogP contribution in [0.2, 0.25) is 23.7 Å². The monoisotopic (exact) mass is 357 g/mol. The van der Waals surface area contributed by atoms with Crippen molar-refractivity contribution in [3.63, 3.8) is 0 Å². The molecule has 1 amide bonds. The van der Waals surface area contributed by atoms with Gasteiger partial charge in [0.05, 0.1) is 20.8 Å². The molecule has 4 nitrogen and oxygen atoms in total. The Morgan fingerprint density at radius 1 is 1.21 bits per heavy atom. The fourth-order valence-corrected chi connectivity index (χ4v) is 6.60. The van der Waals surface area contributed by atoms with Gasteiger partial charge in [0.1, 0.15) is 5.60 Å². The van der Waals surface area contributed by atoms with Crippen molar-refractivity contribution in [3.8, 4) is 0 Å². The third kappa shape index (κ3) is 6.07. The molecule has 1 aliphatic rings. The van der Waals surface area contributed by atoms with E-state index in [0.29, 0.717) is 11.5 Å². The number of carbonyl (C=O) groups excluding carboxylic acids is 1. The van der Waals surface area contributed by atoms with Gasteiger partial charge in [-0.05, 0) is 38.1 Å². The lowest BCUT2D eigenvalue weighted by Gasteiger charge is -2.46. The quantitative estimate of drug-likeness (QED) is 0.525. The Kier molecular flexibility index (Phi) is 6.59. The minimum Gasteiger partial charge on any atom is -0.444 e. The van der Waals surface area contributed by atoms with Gasteiger partial charge in [0, 0.05) is 11.6 Å². The highest BCUT2D eigenvalue weighted by Crippen LogP contribution is 2.50. The lowest BCUT2D eigenvalue weighted by molar-refractivity contribution is 0.0492. The lowest BCUT2D eigenvalue weighted by atomic mass is 9.99. The molecular weight excluding hydrogens is 318 g/mol. The fraction of sp³-hybridized carbons (Fsp3) is 0.947. The molecule has 0 spiro atoms. The first-order valence-electron chi connectivity index (χ1n) is 9.26. The van der Waals surface area contributed by atoms with Gasteiger partial charge in [0.2, 0.25) is 0 Å². The van der Waals surface area contributed by atoms with Gasteiger partial charge in [-0.1, -0.05) is 47.7 Å². The van der Waals surface area contributed by atoms with Crippen LogP contribution in [0, 0.1) is 5.92 Å². The van der Waals surface area contributed by atoms with Gasteiger partial charge in [-0.25, -0.2) is 4.79 Å². The smallest absolute Gasteiger partial charge is 0.407 e. The lowest BCUT2D eigenvalue weighted by Crippen LogP contribution is -2.54. The predicted molar refractivity (Wildman–Crippen MR) is 103 cm³/mol. The summed E-state index contributed by atoms with van der Waals surface area (Å²) in [6.07, 6.45) is 0.929. The summed E-state index contributed by atoms with van der Waals surface area (Å²) in [5.41, 5.74) is -0.0814. The van der Waals surface area contributed by atoms with E-state index in [1.807, 2.05) is 20.8 Å². The summed E-state index contributed by atoms with van der Waals surface area (Å²) >= 11 is 0. The zero-order valence-electron chi connectivity index (χ0n) is 17.4. The van der Waals surface area contributed by atoms with E-state index in [9.17, 15) is 4.79 Å². The Labute approximate surface area is 150 Å². The van der Waals surface area contributed by atoms with Crippen molar-refractivity contribution in [1.82, 2.24) is 5.32 Å². The fourth-order valence-electron chi connectivity index (χ4n) is 3.25. The van der Waals surface area contributed by atoms with Crippen LogP contribution in [-0.4, -0.2) is 38.5 Å². The largest absolute Gasteiger partial charge is 0.444 e. The Balaban J connectivity index is 3.04.